The van der Waals surface area contributed by atoms with E-state index in [1.807, 2.05) is 0 Å². The molecule has 36 atom stereocenters. The molecule has 0 saturated carbocycles. The first-order chi connectivity index (χ1) is 39.4. The van der Waals surface area contributed by atoms with Gasteiger partial charge >= 0.3 is 6.95 Å². The summed E-state index contributed by atoms with van der Waals surface area (Å²) in [4.78, 5) is 0. The van der Waals surface area contributed by atoms with Gasteiger partial charge < -0.3 is 168 Å². The van der Waals surface area contributed by atoms with Crippen molar-refractivity contribution in [2.24, 2.45) is 0 Å². The van der Waals surface area contributed by atoms with E-state index in [2.05, 4.69) is 0 Å². The van der Waals surface area contributed by atoms with Gasteiger partial charge in [-0.25, -0.2) is 4.57 Å². The molecule has 0 amide bonds. The molecule has 0 aliphatic carbocycles. The molecule has 21 aliphatic rings. The third-order valence-corrected chi connectivity index (χ3v) is 16.9. The maximum Gasteiger partial charge on any atom is 0.424 e. The Balaban J connectivity index is 1.10. The number of ether oxygens (including phenoxy) is 14. The number of hydrogen-bond acceptors (Lipinski definition) is 37. The average molecular weight is 1260 g/mol. The van der Waals surface area contributed by atoms with Crippen LogP contribution in [0, 0.1) is 0 Å². The molecule has 20 N–H and O–H groups in total. The van der Waals surface area contributed by atoms with Gasteiger partial charge in [-0.05, 0) is 6.92 Å². The van der Waals surface area contributed by atoms with Crippen LogP contribution in [-0.4, -0.2) is 370 Å². The Kier molecular flexibility index (Phi) is 23.7. The lowest BCUT2D eigenvalue weighted by atomic mass is 9.95. The van der Waals surface area contributed by atoms with Crippen LogP contribution in [0.5, 0.6) is 0 Å². The summed E-state index contributed by atoms with van der Waals surface area (Å²) in [5.41, 5.74) is 0. The minimum Gasteiger partial charge on any atom is -0.394 e. The molecule has 484 valence electrons. The van der Waals surface area contributed by atoms with Crippen molar-refractivity contribution < 1.29 is 182 Å². The highest BCUT2D eigenvalue weighted by Gasteiger charge is 2.60. The molecule has 21 fully saturated rings. The molecular weight excluding hydrogens is 1190 g/mol. The van der Waals surface area contributed by atoms with E-state index in [1.165, 1.54) is 6.92 Å². The van der Waals surface area contributed by atoms with Gasteiger partial charge in [0.25, 0.3) is 0 Å². The predicted molar refractivity (Wildman–Crippen MR) is 252 cm³/mol. The van der Waals surface area contributed by atoms with Gasteiger partial charge in [0.15, 0.2) is 44.0 Å². The lowest BCUT2D eigenvalue weighted by Crippen LogP contribution is -2.68. The number of aliphatic hydroxyl groups is 20. The topological polar surface area (TPSA) is 569 Å². The number of rotatable bonds is 11. The largest absolute Gasteiger partial charge is 0.424 e. The van der Waals surface area contributed by atoms with Gasteiger partial charge in [-0.3, -0.25) is 9.05 Å². The maximum atomic E-state index is 12.9. The number of hydrogen-bond donors (Lipinski definition) is 20. The van der Waals surface area contributed by atoms with Crippen LogP contribution in [-0.2, 0) is 79.9 Å². The van der Waals surface area contributed by atoms with Crippen LogP contribution in [0.1, 0.15) is 6.92 Å². The van der Waals surface area contributed by atoms with Gasteiger partial charge in [-0.2, -0.15) is 0 Å². The fraction of sp³-hybridized carbons (Fsp3) is 1.00. The summed E-state index contributed by atoms with van der Waals surface area (Å²) in [6, 6.07) is 0. The van der Waals surface area contributed by atoms with Gasteiger partial charge in [0.1, 0.15) is 171 Å². The zero-order valence-electron chi connectivity index (χ0n) is 43.6. The molecule has 0 aromatic rings. The van der Waals surface area contributed by atoms with Crippen LogP contribution in [0.3, 0.4) is 0 Å². The molecular formula is C44H74ClO37P. The minimum atomic E-state index is -4.48. The van der Waals surface area contributed by atoms with Gasteiger partial charge in [0.05, 0.1) is 52.9 Å². The van der Waals surface area contributed by atoms with E-state index in [0.717, 1.165) is 0 Å². The third-order valence-electron chi connectivity index (χ3n) is 15.3. The highest BCUT2D eigenvalue weighted by Crippen LogP contribution is 2.54. The fourth-order valence-electron chi connectivity index (χ4n) is 10.8. The van der Waals surface area contributed by atoms with E-state index in [1.54, 1.807) is 0 Å². The number of aliphatic hydroxyl groups excluding tert-OH is 20. The van der Waals surface area contributed by atoms with E-state index in [-0.39, 0.29) is 6.61 Å². The molecule has 37 nitrogen and oxygen atoms in total. The summed E-state index contributed by atoms with van der Waals surface area (Å²) in [6.07, 6.45) is -72.0. The highest BCUT2D eigenvalue weighted by molar-refractivity contribution is 7.81. The molecule has 1 unspecified atom stereocenters. The van der Waals surface area contributed by atoms with Crippen LogP contribution >= 0.6 is 18.2 Å². The molecule has 0 spiro atoms. The smallest absolute Gasteiger partial charge is 0.394 e. The Morgan fingerprint density at radius 1 is 0.289 bits per heavy atom. The molecule has 21 rings (SSSR count). The Morgan fingerprint density at radius 3 is 0.627 bits per heavy atom. The molecule has 39 heteroatoms. The Labute approximate surface area is 474 Å². The molecule has 21 saturated heterocycles. The monoisotopic (exact) mass is 1260 g/mol. The second-order valence-electron chi connectivity index (χ2n) is 20.6. The second-order valence-corrected chi connectivity index (χ2v) is 23.2. The molecule has 83 heavy (non-hydrogen) atoms. The SMILES string of the molecule is CCOP(=O)(Cl)OC[C@@H]1O[C@@H]2O[C@H]3[C@H](O)[C@H](O)[C@@H](O[C@H]4[C@@H](O)[C@H](O)[C@@H](O[C@H]5[C@H](O)[C@@H](O)[C@@H](O[C@H]6[C@H](O)[C@@H](O)[C@@H](O[C@H]7[C@H](O)[C@@H](O)[C@@H](O[C@H]8[C@H](O)[C@@H](O)[C@@H](O[C@H]1[C@H](O)[C@H]2O)O[C@H]8CO)O[C@H]7CO)O[C@H]6CO)O[C@@H]5CO)O[C@@H]4CO)O[C@@H]3CO. The number of halogens is 1. The van der Waals surface area contributed by atoms with Crippen molar-refractivity contribution in [1.82, 2.24) is 0 Å². The first-order valence-corrected chi connectivity index (χ1v) is 28.8. The van der Waals surface area contributed by atoms with Crippen molar-refractivity contribution in [1.29, 1.82) is 0 Å². The Bertz CT molecular complexity index is 2050. The Morgan fingerprint density at radius 2 is 0.458 bits per heavy atom. The van der Waals surface area contributed by atoms with E-state index < -0.39 is 268 Å². The molecule has 14 bridgehead atoms. The van der Waals surface area contributed by atoms with Crippen LogP contribution in [0.2, 0.25) is 0 Å². The van der Waals surface area contributed by atoms with Crippen molar-refractivity contribution in [3.05, 3.63) is 0 Å². The zero-order chi connectivity index (χ0) is 60.7. The quantitative estimate of drug-likeness (QED) is 0.0854. The summed E-state index contributed by atoms with van der Waals surface area (Å²) >= 11 is 5.93. The lowest BCUT2D eigenvalue weighted by Gasteiger charge is -2.50. The van der Waals surface area contributed by atoms with Gasteiger partial charge in [-0.1, -0.05) is 0 Å². The standard InChI is InChI=1S/C44H74ClO37P/c1-2-67-83(45,66)68-9-16-37-23(58)30(65)44(75-16)81-36-15(8-51)73-42(28(63)21(36)56)79-34-13(6-49)71-40(26(61)19(34)54)77-32-11(4-47)69-38(24(59)17(32)52)76-31-10(3-46)70-39(25(60)18(31)53)78-33-12(5-48)72-41(27(62)20(33)55)80-35-14(7-50)74-43(82-37)29(64)22(35)57/h10-44,46-65H,2-9H2,1H3/t10-,11+,12-,13+,14-,15+,16-,17+,18+,19-,20+,21+,22+,23+,24+,25+,26-,27+,28-,29+,30+,31+,32+,33+,34+,35+,36+,37+,38+,39+,40+,41+,42+,43+,44+,83?/m0/s1. The second kappa shape index (κ2) is 28.9. The fourth-order valence-corrected chi connectivity index (χ4v) is 11.9. The highest BCUT2D eigenvalue weighted by atomic mass is 35.7. The normalized spacial score (nSPS) is 53.0. The van der Waals surface area contributed by atoms with Crippen LogP contribution in [0.25, 0.3) is 0 Å². The minimum absolute atomic E-state index is 0.258. The summed E-state index contributed by atoms with van der Waals surface area (Å²) in [7, 11) is 0. The van der Waals surface area contributed by atoms with Crippen molar-refractivity contribution in [3.8, 4) is 0 Å². The van der Waals surface area contributed by atoms with Crippen LogP contribution < -0.4 is 0 Å². The molecule has 0 aromatic carbocycles. The molecule has 0 aromatic heterocycles. The summed E-state index contributed by atoms with van der Waals surface area (Å²) < 4.78 is 103. The summed E-state index contributed by atoms with van der Waals surface area (Å²) in [6.45, 7) is -10.8. The van der Waals surface area contributed by atoms with Crippen molar-refractivity contribution in [2.45, 2.75) is 222 Å². The van der Waals surface area contributed by atoms with E-state index in [4.69, 9.17) is 86.6 Å². The van der Waals surface area contributed by atoms with Crippen molar-refractivity contribution in [3.63, 3.8) is 0 Å². The van der Waals surface area contributed by atoms with Gasteiger partial charge in [-0.15, -0.1) is 0 Å². The average Bonchev–Trinajstić information content (AvgIpc) is 3.65. The first kappa shape index (κ1) is 68.0. The summed E-state index contributed by atoms with van der Waals surface area (Å²) in [5.74, 6) is 0. The zero-order valence-corrected chi connectivity index (χ0v) is 45.2. The first-order valence-electron chi connectivity index (χ1n) is 26.3. The van der Waals surface area contributed by atoms with E-state index in [0.29, 0.717) is 0 Å². The maximum absolute atomic E-state index is 12.9. The van der Waals surface area contributed by atoms with E-state index in [9.17, 15) is 107 Å². The lowest BCUT2D eigenvalue weighted by molar-refractivity contribution is -0.396. The summed E-state index contributed by atoms with van der Waals surface area (Å²) in [5, 5.41) is 222. The molecule has 0 radical (unpaired) electrons. The third kappa shape index (κ3) is 14.2. The van der Waals surface area contributed by atoms with Crippen molar-refractivity contribution >= 4 is 18.2 Å². The molecule has 21 heterocycles. The predicted octanol–water partition coefficient (Wildman–Crippen LogP) is -12.8. The van der Waals surface area contributed by atoms with E-state index >= 15 is 0 Å². The van der Waals surface area contributed by atoms with Crippen molar-refractivity contribution in [2.75, 3.05) is 52.9 Å². The van der Waals surface area contributed by atoms with Crippen LogP contribution in [0.4, 0.5) is 0 Å². The van der Waals surface area contributed by atoms with Crippen LogP contribution in [0.15, 0.2) is 0 Å². The van der Waals surface area contributed by atoms with Gasteiger partial charge in [0.2, 0.25) is 0 Å². The Hall–Kier alpha value is -0.920. The van der Waals surface area contributed by atoms with Gasteiger partial charge in [0, 0.05) is 11.2 Å². The molecule has 21 aliphatic heterocycles.